The molecule has 0 spiro atoms. The lowest BCUT2D eigenvalue weighted by atomic mass is 10.0. The zero-order valence-electron chi connectivity index (χ0n) is 12.1. The third-order valence-corrected chi connectivity index (χ3v) is 5.38. The van der Waals surface area contributed by atoms with Crippen LogP contribution in [0.5, 0.6) is 0 Å². The van der Waals surface area contributed by atoms with Gasteiger partial charge in [0, 0.05) is 18.0 Å². The molecule has 1 aromatic carbocycles. The molecule has 4 nitrogen and oxygen atoms in total. The second kappa shape index (κ2) is 5.07. The van der Waals surface area contributed by atoms with Crippen LogP contribution in [0.4, 0.5) is 9.39 Å². The van der Waals surface area contributed by atoms with Crippen LogP contribution in [0.2, 0.25) is 0 Å². The van der Waals surface area contributed by atoms with Crippen LogP contribution in [0.1, 0.15) is 32.5 Å². The molecule has 0 fully saturated rings. The molecular weight excluding hydrogens is 301 g/mol. The first kappa shape index (κ1) is 13.7. The van der Waals surface area contributed by atoms with Gasteiger partial charge in [-0.2, -0.15) is 0 Å². The predicted octanol–water partition coefficient (Wildman–Crippen LogP) is 2.73. The van der Waals surface area contributed by atoms with E-state index < -0.39 is 0 Å². The van der Waals surface area contributed by atoms with Crippen molar-refractivity contribution in [1.29, 1.82) is 0 Å². The van der Waals surface area contributed by atoms with Gasteiger partial charge in [0.05, 0.1) is 5.56 Å². The van der Waals surface area contributed by atoms with Gasteiger partial charge in [-0.25, -0.2) is 4.39 Å². The minimum absolute atomic E-state index is 0.0369. The molecule has 0 bridgehead atoms. The van der Waals surface area contributed by atoms with Crippen molar-refractivity contribution in [2.75, 3.05) is 18.9 Å². The number of benzene rings is 1. The highest BCUT2D eigenvalue weighted by atomic mass is 32.1. The molecule has 1 atom stereocenters. The number of hydrogen-bond donors (Lipinski definition) is 2. The van der Waals surface area contributed by atoms with Crippen molar-refractivity contribution in [2.45, 2.75) is 19.1 Å². The highest BCUT2D eigenvalue weighted by Gasteiger charge is 2.32. The maximum absolute atomic E-state index is 13.1. The zero-order valence-corrected chi connectivity index (χ0v) is 13.0. The van der Waals surface area contributed by atoms with Crippen LogP contribution in [0.25, 0.3) is 0 Å². The Morgan fingerprint density at radius 2 is 2.05 bits per heavy atom. The van der Waals surface area contributed by atoms with Crippen LogP contribution in [0.3, 0.4) is 0 Å². The van der Waals surface area contributed by atoms with Gasteiger partial charge in [-0.1, -0.05) is 12.1 Å². The molecule has 2 aliphatic rings. The summed E-state index contributed by atoms with van der Waals surface area (Å²) in [6, 6.07) is 6.21. The smallest absolute Gasteiger partial charge is 0.256 e. The first-order chi connectivity index (χ1) is 10.6. The van der Waals surface area contributed by atoms with E-state index >= 15 is 0 Å². The van der Waals surface area contributed by atoms with E-state index in [2.05, 4.69) is 22.6 Å². The number of nitrogens with zero attached hydrogens (tertiary/aromatic N) is 1. The maximum Gasteiger partial charge on any atom is 0.256 e. The minimum Gasteiger partial charge on any atom is -0.353 e. The molecule has 0 saturated carbocycles. The Kier molecular flexibility index (Phi) is 3.16. The van der Waals surface area contributed by atoms with Crippen molar-refractivity contribution < 1.29 is 9.18 Å². The normalized spacial score (nSPS) is 20.8. The zero-order chi connectivity index (χ0) is 15.3. The van der Waals surface area contributed by atoms with E-state index in [4.69, 9.17) is 0 Å². The van der Waals surface area contributed by atoms with Crippen molar-refractivity contribution >= 4 is 22.2 Å². The number of fused-ring (bicyclic) bond motifs is 3. The summed E-state index contributed by atoms with van der Waals surface area (Å²) in [7, 11) is 2.09. The maximum atomic E-state index is 13.1. The summed E-state index contributed by atoms with van der Waals surface area (Å²) in [5, 5.41) is 7.29. The van der Waals surface area contributed by atoms with E-state index in [0.717, 1.165) is 35.6 Å². The number of amides is 1. The number of carbonyl (C=O) groups is 1. The Bertz CT molecular complexity index is 741. The Labute approximate surface area is 131 Å². The Hall–Kier alpha value is -1.92. The number of hydrogen-bond acceptors (Lipinski definition) is 4. The topological polar surface area (TPSA) is 44.4 Å². The van der Waals surface area contributed by atoms with E-state index in [1.165, 1.54) is 22.6 Å². The number of rotatable bonds is 1. The first-order valence-corrected chi connectivity index (χ1v) is 8.09. The molecule has 0 aliphatic carbocycles. The largest absolute Gasteiger partial charge is 0.353 e. The summed E-state index contributed by atoms with van der Waals surface area (Å²) in [5.74, 6) is -0.314. The van der Waals surface area contributed by atoms with Crippen LogP contribution in [-0.4, -0.2) is 24.4 Å². The number of likely N-dealkylation sites (N-methyl/N-ethyl adjacent to an activating group) is 1. The van der Waals surface area contributed by atoms with Gasteiger partial charge in [0.15, 0.2) is 0 Å². The minimum atomic E-state index is -0.307. The monoisotopic (exact) mass is 317 g/mol. The molecule has 2 aromatic rings. The fourth-order valence-corrected chi connectivity index (χ4v) is 4.42. The van der Waals surface area contributed by atoms with Gasteiger partial charge in [0.1, 0.15) is 17.0 Å². The van der Waals surface area contributed by atoms with E-state index in [1.54, 1.807) is 23.5 Å². The quantitative estimate of drug-likeness (QED) is 0.850. The molecule has 2 aliphatic heterocycles. The summed E-state index contributed by atoms with van der Waals surface area (Å²) in [5.41, 5.74) is 2.83. The van der Waals surface area contributed by atoms with Crippen molar-refractivity contribution in [2.24, 2.45) is 0 Å². The number of halogens is 1. The molecule has 114 valence electrons. The standard InChI is InChI=1S/C16H16FN3OS/c1-20-7-6-11-12(8-20)22-16-13(11)15(21)18-14(19-16)9-2-4-10(17)5-3-9/h2-5,14,19H,6-8H2,1H3,(H,18,21)/t14-/m1/s1. The second-order valence-electron chi connectivity index (χ2n) is 5.80. The molecule has 2 N–H and O–H groups in total. The summed E-state index contributed by atoms with van der Waals surface area (Å²) in [6.07, 6.45) is 0.604. The molecule has 4 rings (SSSR count). The van der Waals surface area contributed by atoms with Crippen molar-refractivity contribution in [3.63, 3.8) is 0 Å². The summed E-state index contributed by atoms with van der Waals surface area (Å²) < 4.78 is 13.1. The van der Waals surface area contributed by atoms with Crippen LogP contribution >= 0.6 is 11.3 Å². The van der Waals surface area contributed by atoms with Crippen LogP contribution in [0, 0.1) is 5.82 Å². The van der Waals surface area contributed by atoms with Crippen LogP contribution < -0.4 is 10.6 Å². The lowest BCUT2D eigenvalue weighted by Crippen LogP contribution is -2.38. The third kappa shape index (κ3) is 2.19. The average molecular weight is 317 g/mol. The Balaban J connectivity index is 1.69. The summed E-state index contributed by atoms with van der Waals surface area (Å²) in [4.78, 5) is 16.0. The highest BCUT2D eigenvalue weighted by molar-refractivity contribution is 7.16. The van der Waals surface area contributed by atoms with E-state index in [1.807, 2.05) is 0 Å². The molecular formula is C16H16FN3OS. The van der Waals surface area contributed by atoms with Gasteiger partial charge >= 0.3 is 0 Å². The second-order valence-corrected chi connectivity index (χ2v) is 6.90. The highest BCUT2D eigenvalue weighted by Crippen LogP contribution is 2.40. The number of carbonyl (C=O) groups excluding carboxylic acids is 1. The van der Waals surface area contributed by atoms with E-state index in [-0.39, 0.29) is 17.9 Å². The van der Waals surface area contributed by atoms with E-state index in [9.17, 15) is 9.18 Å². The first-order valence-electron chi connectivity index (χ1n) is 7.28. The molecule has 0 unspecified atom stereocenters. The molecule has 3 heterocycles. The average Bonchev–Trinajstić information content (AvgIpc) is 2.85. The summed E-state index contributed by atoms with van der Waals surface area (Å²) in [6.45, 7) is 1.87. The van der Waals surface area contributed by atoms with Gasteiger partial charge in [0.2, 0.25) is 0 Å². The van der Waals surface area contributed by atoms with E-state index in [0.29, 0.717) is 0 Å². The van der Waals surface area contributed by atoms with Gasteiger partial charge in [-0.15, -0.1) is 11.3 Å². The van der Waals surface area contributed by atoms with Gasteiger partial charge in [0.25, 0.3) is 5.91 Å². The molecule has 1 amide bonds. The van der Waals surface area contributed by atoms with Crippen molar-refractivity contribution in [1.82, 2.24) is 10.2 Å². The third-order valence-electron chi connectivity index (χ3n) is 4.23. The van der Waals surface area contributed by atoms with Gasteiger partial charge in [-0.3, -0.25) is 4.79 Å². The SMILES string of the molecule is CN1CCc2c(sc3c2C(=O)N[C@@H](c2ccc(F)cc2)N3)C1. The van der Waals surface area contributed by atoms with Crippen LogP contribution in [0.15, 0.2) is 24.3 Å². The lowest BCUT2D eigenvalue weighted by Gasteiger charge is -2.27. The van der Waals surface area contributed by atoms with Crippen LogP contribution in [-0.2, 0) is 13.0 Å². The molecule has 6 heteroatoms. The van der Waals surface area contributed by atoms with Crippen molar-refractivity contribution in [3.05, 3.63) is 51.7 Å². The fraction of sp³-hybridized carbons (Fsp3) is 0.312. The molecule has 0 radical (unpaired) electrons. The summed E-state index contributed by atoms with van der Waals surface area (Å²) >= 11 is 1.66. The number of nitrogens with one attached hydrogen (secondary N) is 2. The fourth-order valence-electron chi connectivity index (χ4n) is 3.07. The van der Waals surface area contributed by atoms with Crippen molar-refractivity contribution in [3.8, 4) is 0 Å². The van der Waals surface area contributed by atoms with Gasteiger partial charge < -0.3 is 15.5 Å². The molecule has 1 aromatic heterocycles. The number of anilines is 1. The predicted molar refractivity (Wildman–Crippen MR) is 84.6 cm³/mol. The molecule has 22 heavy (non-hydrogen) atoms. The Morgan fingerprint density at radius 1 is 1.27 bits per heavy atom. The number of thiophene rings is 1. The molecule has 0 saturated heterocycles. The lowest BCUT2D eigenvalue weighted by molar-refractivity contribution is 0.0935. The Morgan fingerprint density at radius 3 is 2.82 bits per heavy atom. The van der Waals surface area contributed by atoms with Gasteiger partial charge in [-0.05, 0) is 36.7 Å².